The van der Waals surface area contributed by atoms with Crippen molar-refractivity contribution in [3.8, 4) is 0 Å². The standard InChI is InChI=1S/C29H49N3O4S/c1-8-11-13-20-32(27(34)24(18-21-37-7)31-28(35)36-29(4,5)6)25(26(33)30-19-12-9-2)23-16-14-22(10-3)15-17-23/h14-17,24-25H,8-13,18-21H2,1-7H3,(H,30,33)(H,31,35). The van der Waals surface area contributed by atoms with Gasteiger partial charge in [-0.25, -0.2) is 4.79 Å². The molecule has 0 aliphatic carbocycles. The first-order valence-corrected chi connectivity index (χ1v) is 15.1. The zero-order valence-corrected chi connectivity index (χ0v) is 24.8. The first-order valence-electron chi connectivity index (χ1n) is 13.7. The maximum Gasteiger partial charge on any atom is 0.408 e. The van der Waals surface area contributed by atoms with E-state index in [-0.39, 0.29) is 11.8 Å². The second-order valence-corrected chi connectivity index (χ2v) is 11.3. The second kappa shape index (κ2) is 17.3. The Balaban J connectivity index is 3.42. The SMILES string of the molecule is CCCCCN(C(=O)C(CCSC)NC(=O)OC(C)(C)C)C(C(=O)NCCCC)c1ccc(CC)cc1. The number of nitrogens with one attached hydrogen (secondary N) is 2. The molecule has 0 radical (unpaired) electrons. The molecule has 210 valence electrons. The van der Waals surface area contributed by atoms with E-state index in [1.165, 1.54) is 5.56 Å². The number of rotatable bonds is 16. The minimum absolute atomic E-state index is 0.191. The van der Waals surface area contributed by atoms with Crippen LogP contribution in [0.15, 0.2) is 24.3 Å². The molecule has 2 unspecified atom stereocenters. The van der Waals surface area contributed by atoms with Crippen molar-refractivity contribution in [2.75, 3.05) is 25.1 Å². The van der Waals surface area contributed by atoms with Gasteiger partial charge in [0.2, 0.25) is 11.8 Å². The molecule has 0 saturated carbocycles. The van der Waals surface area contributed by atoms with Crippen LogP contribution in [0.2, 0.25) is 0 Å². The largest absolute Gasteiger partial charge is 0.444 e. The number of carbonyl (C=O) groups excluding carboxylic acids is 3. The Morgan fingerprint density at radius 2 is 1.65 bits per heavy atom. The lowest BCUT2D eigenvalue weighted by Gasteiger charge is -2.34. The Hall–Kier alpha value is -2.22. The zero-order chi connectivity index (χ0) is 27.8. The van der Waals surface area contributed by atoms with Gasteiger partial charge >= 0.3 is 6.09 Å². The van der Waals surface area contributed by atoms with Gasteiger partial charge in [0.1, 0.15) is 17.7 Å². The molecule has 0 bridgehead atoms. The normalized spacial score (nSPS) is 12.9. The molecule has 8 heteroatoms. The highest BCUT2D eigenvalue weighted by atomic mass is 32.2. The summed E-state index contributed by atoms with van der Waals surface area (Å²) in [5.74, 6) is 0.239. The number of benzene rings is 1. The number of carbonyl (C=O) groups is 3. The molecule has 0 heterocycles. The Morgan fingerprint density at radius 3 is 2.19 bits per heavy atom. The molecule has 0 aliphatic heterocycles. The molecule has 1 aromatic carbocycles. The van der Waals surface area contributed by atoms with Gasteiger partial charge in [0.05, 0.1) is 0 Å². The number of alkyl carbamates (subject to hydrolysis) is 1. The van der Waals surface area contributed by atoms with Crippen molar-refractivity contribution >= 4 is 29.7 Å². The van der Waals surface area contributed by atoms with E-state index in [1.807, 2.05) is 30.5 Å². The Morgan fingerprint density at radius 1 is 1.00 bits per heavy atom. The monoisotopic (exact) mass is 535 g/mol. The van der Waals surface area contributed by atoms with Gasteiger partial charge < -0.3 is 20.3 Å². The molecule has 1 aromatic rings. The van der Waals surface area contributed by atoms with Crippen molar-refractivity contribution in [1.29, 1.82) is 0 Å². The molecule has 37 heavy (non-hydrogen) atoms. The summed E-state index contributed by atoms with van der Waals surface area (Å²) in [6.07, 6.45) is 7.22. The molecule has 0 aromatic heterocycles. The number of aryl methyl sites for hydroxylation is 1. The Labute approximate surface area is 228 Å². The van der Waals surface area contributed by atoms with Gasteiger partial charge in [-0.2, -0.15) is 11.8 Å². The van der Waals surface area contributed by atoms with Crippen molar-refractivity contribution in [2.24, 2.45) is 0 Å². The van der Waals surface area contributed by atoms with Crippen molar-refractivity contribution in [2.45, 2.75) is 104 Å². The molecule has 2 N–H and O–H groups in total. The fourth-order valence-corrected chi connectivity index (χ4v) is 4.41. The molecular formula is C29H49N3O4S. The van der Waals surface area contributed by atoms with E-state index in [9.17, 15) is 14.4 Å². The molecule has 3 amide bonds. The third-order valence-corrected chi connectivity index (χ3v) is 6.62. The highest BCUT2D eigenvalue weighted by Gasteiger charge is 2.35. The average Bonchev–Trinajstić information content (AvgIpc) is 2.85. The summed E-state index contributed by atoms with van der Waals surface area (Å²) in [7, 11) is 0. The van der Waals surface area contributed by atoms with Gasteiger partial charge in [0.15, 0.2) is 0 Å². The van der Waals surface area contributed by atoms with E-state index in [2.05, 4.69) is 31.4 Å². The van der Waals surface area contributed by atoms with Gasteiger partial charge in [-0.05, 0) is 69.6 Å². The lowest BCUT2D eigenvalue weighted by molar-refractivity contribution is -0.142. The highest BCUT2D eigenvalue weighted by molar-refractivity contribution is 7.98. The summed E-state index contributed by atoms with van der Waals surface area (Å²) in [5.41, 5.74) is 1.26. The van der Waals surface area contributed by atoms with Gasteiger partial charge in [-0.15, -0.1) is 0 Å². The van der Waals surface area contributed by atoms with Crippen molar-refractivity contribution in [3.05, 3.63) is 35.4 Å². The van der Waals surface area contributed by atoms with Crippen LogP contribution in [0.1, 0.15) is 97.2 Å². The molecule has 0 aliphatic rings. The van der Waals surface area contributed by atoms with Crippen LogP contribution in [0.3, 0.4) is 0 Å². The summed E-state index contributed by atoms with van der Waals surface area (Å²) >= 11 is 1.61. The number of unbranched alkanes of at least 4 members (excludes halogenated alkanes) is 3. The second-order valence-electron chi connectivity index (χ2n) is 10.4. The fourth-order valence-electron chi connectivity index (χ4n) is 3.94. The first kappa shape index (κ1) is 32.8. The Bertz CT molecular complexity index is 823. The molecule has 0 spiro atoms. The number of nitrogens with zero attached hydrogens (tertiary/aromatic N) is 1. The summed E-state index contributed by atoms with van der Waals surface area (Å²) in [5, 5.41) is 5.84. The molecule has 0 saturated heterocycles. The minimum atomic E-state index is -0.787. The van der Waals surface area contributed by atoms with Crippen molar-refractivity contribution in [3.63, 3.8) is 0 Å². The van der Waals surface area contributed by atoms with Crippen LogP contribution in [-0.2, 0) is 20.7 Å². The quantitative estimate of drug-likeness (QED) is 0.258. The van der Waals surface area contributed by atoms with Gasteiger partial charge in [0, 0.05) is 13.1 Å². The zero-order valence-electron chi connectivity index (χ0n) is 24.0. The summed E-state index contributed by atoms with van der Waals surface area (Å²) in [6.45, 7) is 12.6. The maximum absolute atomic E-state index is 14.1. The van der Waals surface area contributed by atoms with E-state index in [0.29, 0.717) is 25.3 Å². The van der Waals surface area contributed by atoms with Crippen LogP contribution in [-0.4, -0.2) is 59.5 Å². The van der Waals surface area contributed by atoms with Gasteiger partial charge in [-0.3, -0.25) is 9.59 Å². The molecule has 0 fully saturated rings. The summed E-state index contributed by atoms with van der Waals surface area (Å²) in [6, 6.07) is 6.36. The number of hydrogen-bond acceptors (Lipinski definition) is 5. The third kappa shape index (κ3) is 12.2. The molecule has 2 atom stereocenters. The summed E-state index contributed by atoms with van der Waals surface area (Å²) in [4.78, 5) is 42.0. The number of ether oxygens (including phenoxy) is 1. The topological polar surface area (TPSA) is 87.7 Å². The van der Waals surface area contributed by atoms with E-state index in [1.54, 1.807) is 37.4 Å². The molecular weight excluding hydrogens is 486 g/mol. The van der Waals surface area contributed by atoms with E-state index in [0.717, 1.165) is 44.1 Å². The summed E-state index contributed by atoms with van der Waals surface area (Å²) < 4.78 is 5.45. The van der Waals surface area contributed by atoms with E-state index >= 15 is 0 Å². The van der Waals surface area contributed by atoms with Crippen LogP contribution in [0, 0.1) is 0 Å². The average molecular weight is 536 g/mol. The fraction of sp³-hybridized carbons (Fsp3) is 0.690. The highest BCUT2D eigenvalue weighted by Crippen LogP contribution is 2.25. The van der Waals surface area contributed by atoms with E-state index in [4.69, 9.17) is 4.74 Å². The van der Waals surface area contributed by atoms with Crippen molar-refractivity contribution in [1.82, 2.24) is 15.5 Å². The number of amides is 3. The third-order valence-electron chi connectivity index (χ3n) is 5.98. The van der Waals surface area contributed by atoms with Gasteiger partial charge in [0.25, 0.3) is 0 Å². The van der Waals surface area contributed by atoms with Crippen LogP contribution in [0.5, 0.6) is 0 Å². The minimum Gasteiger partial charge on any atom is -0.444 e. The predicted molar refractivity (Wildman–Crippen MR) is 154 cm³/mol. The first-order chi connectivity index (χ1) is 17.6. The number of thioether (sulfide) groups is 1. The van der Waals surface area contributed by atoms with Crippen molar-refractivity contribution < 1.29 is 19.1 Å². The molecule has 1 rings (SSSR count). The smallest absolute Gasteiger partial charge is 0.408 e. The molecule has 7 nitrogen and oxygen atoms in total. The van der Waals surface area contributed by atoms with E-state index < -0.39 is 23.8 Å². The Kier molecular flexibility index (Phi) is 15.4. The van der Waals surface area contributed by atoms with Crippen LogP contribution >= 0.6 is 11.8 Å². The maximum atomic E-state index is 14.1. The van der Waals surface area contributed by atoms with Crippen LogP contribution in [0.4, 0.5) is 4.79 Å². The van der Waals surface area contributed by atoms with Crippen LogP contribution in [0.25, 0.3) is 0 Å². The lowest BCUT2D eigenvalue weighted by atomic mass is 9.99. The predicted octanol–water partition coefficient (Wildman–Crippen LogP) is 5.87. The van der Waals surface area contributed by atoms with Gasteiger partial charge in [-0.1, -0.05) is 64.3 Å². The lowest BCUT2D eigenvalue weighted by Crippen LogP contribution is -2.53. The van der Waals surface area contributed by atoms with Crippen LogP contribution < -0.4 is 10.6 Å². The number of hydrogen-bond donors (Lipinski definition) is 2.